The Hall–Kier alpha value is -1.28. The molecule has 18 heavy (non-hydrogen) atoms. The zero-order valence-electron chi connectivity index (χ0n) is 11.7. The summed E-state index contributed by atoms with van der Waals surface area (Å²) in [6.07, 6.45) is 4.35. The van der Waals surface area contributed by atoms with Crippen molar-refractivity contribution in [3.8, 4) is 0 Å². The van der Waals surface area contributed by atoms with Gasteiger partial charge in [0.05, 0.1) is 0 Å². The van der Waals surface area contributed by atoms with Crippen LogP contribution in [0.5, 0.6) is 0 Å². The van der Waals surface area contributed by atoms with Crippen LogP contribution in [0.15, 0.2) is 24.4 Å². The summed E-state index contributed by atoms with van der Waals surface area (Å²) in [6, 6.07) is 6.83. The summed E-state index contributed by atoms with van der Waals surface area (Å²) in [6.45, 7) is 8.53. The normalized spacial score (nSPS) is 11.6. The Kier molecular flexibility index (Phi) is 4.07. The van der Waals surface area contributed by atoms with Gasteiger partial charge in [-0.2, -0.15) is 0 Å². The van der Waals surface area contributed by atoms with Crippen molar-refractivity contribution in [2.75, 3.05) is 6.54 Å². The standard InChI is InChI=1S/C16H24N2/c1-4-13-5-6-15-14(7-8-17)11-18(10-12(2)3)16(15)9-13/h5-6,9,11-12H,4,7-8,10,17H2,1-3H3. The predicted octanol–water partition coefficient (Wildman–Crippen LogP) is 3.36. The molecule has 2 heteroatoms. The second-order valence-corrected chi connectivity index (χ2v) is 5.44. The number of nitrogens with zero attached hydrogens (tertiary/aromatic N) is 1. The number of rotatable bonds is 5. The van der Waals surface area contributed by atoms with Gasteiger partial charge in [-0.3, -0.25) is 0 Å². The Morgan fingerprint density at radius 1 is 1.28 bits per heavy atom. The Morgan fingerprint density at radius 3 is 2.67 bits per heavy atom. The van der Waals surface area contributed by atoms with E-state index >= 15 is 0 Å². The van der Waals surface area contributed by atoms with Crippen LogP contribution in [0.25, 0.3) is 10.9 Å². The lowest BCUT2D eigenvalue weighted by molar-refractivity contribution is 0.534. The van der Waals surface area contributed by atoms with Gasteiger partial charge in [-0.15, -0.1) is 0 Å². The molecule has 98 valence electrons. The SMILES string of the molecule is CCc1ccc2c(CCN)cn(CC(C)C)c2c1. The molecule has 1 aromatic carbocycles. The van der Waals surface area contributed by atoms with Crippen molar-refractivity contribution in [3.63, 3.8) is 0 Å². The fourth-order valence-electron chi connectivity index (χ4n) is 2.53. The zero-order chi connectivity index (χ0) is 13.1. The van der Waals surface area contributed by atoms with E-state index in [-0.39, 0.29) is 0 Å². The lowest BCUT2D eigenvalue weighted by Gasteiger charge is -2.08. The van der Waals surface area contributed by atoms with Crippen molar-refractivity contribution in [3.05, 3.63) is 35.5 Å². The first-order valence-electron chi connectivity index (χ1n) is 6.96. The summed E-state index contributed by atoms with van der Waals surface area (Å²) in [5.74, 6) is 0.664. The van der Waals surface area contributed by atoms with Gasteiger partial charge in [-0.1, -0.05) is 32.9 Å². The molecule has 0 fully saturated rings. The first kappa shape index (κ1) is 13.2. The summed E-state index contributed by atoms with van der Waals surface area (Å²) in [4.78, 5) is 0. The third-order valence-electron chi connectivity index (χ3n) is 3.41. The van der Waals surface area contributed by atoms with Crippen molar-refractivity contribution < 1.29 is 0 Å². The van der Waals surface area contributed by atoms with Crippen LogP contribution < -0.4 is 5.73 Å². The molecule has 1 aromatic heterocycles. The Balaban J connectivity index is 2.53. The highest BCUT2D eigenvalue weighted by atomic mass is 15.0. The van der Waals surface area contributed by atoms with Crippen LogP contribution in [0.1, 0.15) is 31.9 Å². The van der Waals surface area contributed by atoms with Crippen molar-refractivity contribution in [2.45, 2.75) is 40.2 Å². The lowest BCUT2D eigenvalue weighted by Crippen LogP contribution is -2.04. The van der Waals surface area contributed by atoms with E-state index < -0.39 is 0 Å². The Bertz CT molecular complexity index is 523. The van der Waals surface area contributed by atoms with Gasteiger partial charge in [0, 0.05) is 23.6 Å². The molecule has 2 N–H and O–H groups in total. The second-order valence-electron chi connectivity index (χ2n) is 5.44. The number of hydrogen-bond acceptors (Lipinski definition) is 1. The van der Waals surface area contributed by atoms with E-state index in [1.165, 1.54) is 22.0 Å². The molecule has 0 aliphatic carbocycles. The summed E-state index contributed by atoms with van der Waals surface area (Å²) in [5, 5.41) is 1.37. The van der Waals surface area contributed by atoms with Crippen LogP contribution >= 0.6 is 0 Å². The molecule has 0 unspecified atom stereocenters. The Labute approximate surface area is 110 Å². The summed E-state index contributed by atoms with van der Waals surface area (Å²) >= 11 is 0. The molecule has 0 aliphatic heterocycles. The van der Waals surface area contributed by atoms with Crippen molar-refractivity contribution in [2.24, 2.45) is 11.7 Å². The number of hydrogen-bond donors (Lipinski definition) is 1. The first-order valence-corrected chi connectivity index (χ1v) is 6.96. The highest BCUT2D eigenvalue weighted by Crippen LogP contribution is 2.24. The van der Waals surface area contributed by atoms with Crippen LogP contribution in [0, 0.1) is 5.92 Å². The minimum atomic E-state index is 0.664. The minimum absolute atomic E-state index is 0.664. The first-order chi connectivity index (χ1) is 8.65. The Morgan fingerprint density at radius 2 is 2.06 bits per heavy atom. The highest BCUT2D eigenvalue weighted by Gasteiger charge is 2.09. The van der Waals surface area contributed by atoms with E-state index in [2.05, 4.69) is 49.7 Å². The van der Waals surface area contributed by atoms with Crippen LogP contribution in [-0.2, 0) is 19.4 Å². The third-order valence-corrected chi connectivity index (χ3v) is 3.41. The highest BCUT2D eigenvalue weighted by molar-refractivity contribution is 5.84. The number of benzene rings is 1. The van der Waals surface area contributed by atoms with Gasteiger partial charge in [0.1, 0.15) is 0 Å². The van der Waals surface area contributed by atoms with Crippen molar-refractivity contribution >= 4 is 10.9 Å². The molecule has 0 radical (unpaired) electrons. The average molecular weight is 244 g/mol. The van der Waals surface area contributed by atoms with Gasteiger partial charge in [0.2, 0.25) is 0 Å². The fourth-order valence-corrected chi connectivity index (χ4v) is 2.53. The van der Waals surface area contributed by atoms with Gasteiger partial charge in [0.15, 0.2) is 0 Å². The second kappa shape index (κ2) is 5.57. The number of aryl methyl sites for hydroxylation is 1. The van der Waals surface area contributed by atoms with Gasteiger partial charge in [0.25, 0.3) is 0 Å². The lowest BCUT2D eigenvalue weighted by atomic mass is 10.1. The van der Waals surface area contributed by atoms with Gasteiger partial charge < -0.3 is 10.3 Å². The van der Waals surface area contributed by atoms with Crippen LogP contribution in [-0.4, -0.2) is 11.1 Å². The van der Waals surface area contributed by atoms with E-state index in [9.17, 15) is 0 Å². The molecular weight excluding hydrogens is 220 g/mol. The molecule has 0 aliphatic rings. The molecule has 2 nitrogen and oxygen atoms in total. The average Bonchev–Trinajstić information content (AvgIpc) is 2.67. The maximum atomic E-state index is 5.71. The van der Waals surface area contributed by atoms with Gasteiger partial charge >= 0.3 is 0 Å². The summed E-state index contributed by atoms with van der Waals surface area (Å²) in [7, 11) is 0. The van der Waals surface area contributed by atoms with Crippen LogP contribution in [0.3, 0.4) is 0 Å². The molecule has 0 saturated heterocycles. The molecule has 2 aromatic rings. The third kappa shape index (κ3) is 2.59. The molecule has 1 heterocycles. The molecular formula is C16H24N2. The predicted molar refractivity (Wildman–Crippen MR) is 78.9 cm³/mol. The van der Waals surface area contributed by atoms with Gasteiger partial charge in [-0.05, 0) is 42.5 Å². The van der Waals surface area contributed by atoms with Gasteiger partial charge in [-0.25, -0.2) is 0 Å². The number of aromatic nitrogens is 1. The van der Waals surface area contributed by atoms with Crippen molar-refractivity contribution in [1.82, 2.24) is 4.57 Å². The van der Waals surface area contributed by atoms with E-state index in [1.807, 2.05) is 0 Å². The number of fused-ring (bicyclic) bond motifs is 1. The quantitative estimate of drug-likeness (QED) is 0.859. The molecule has 0 atom stereocenters. The number of nitrogens with two attached hydrogens (primary N) is 1. The van der Waals surface area contributed by atoms with E-state index in [4.69, 9.17) is 5.73 Å². The zero-order valence-corrected chi connectivity index (χ0v) is 11.7. The van der Waals surface area contributed by atoms with Crippen molar-refractivity contribution in [1.29, 1.82) is 0 Å². The molecule has 0 amide bonds. The van der Waals surface area contributed by atoms with E-state index in [0.717, 1.165) is 25.9 Å². The maximum absolute atomic E-state index is 5.71. The molecule has 0 saturated carbocycles. The smallest absolute Gasteiger partial charge is 0.0486 e. The molecule has 2 rings (SSSR count). The van der Waals surface area contributed by atoms with E-state index in [0.29, 0.717) is 5.92 Å². The van der Waals surface area contributed by atoms with Crippen LogP contribution in [0.2, 0.25) is 0 Å². The van der Waals surface area contributed by atoms with Crippen LogP contribution in [0.4, 0.5) is 0 Å². The fraction of sp³-hybridized carbons (Fsp3) is 0.500. The summed E-state index contributed by atoms with van der Waals surface area (Å²) < 4.78 is 2.39. The maximum Gasteiger partial charge on any atom is 0.0486 e. The largest absolute Gasteiger partial charge is 0.347 e. The monoisotopic (exact) mass is 244 g/mol. The topological polar surface area (TPSA) is 30.9 Å². The minimum Gasteiger partial charge on any atom is -0.347 e. The molecule has 0 bridgehead atoms. The molecule has 0 spiro atoms. The van der Waals surface area contributed by atoms with E-state index in [1.54, 1.807) is 0 Å². The summed E-state index contributed by atoms with van der Waals surface area (Å²) in [5.41, 5.74) is 9.87.